The topological polar surface area (TPSA) is 89.3 Å². The number of halogens is 2. The van der Waals surface area contributed by atoms with E-state index in [0.29, 0.717) is 25.3 Å². The van der Waals surface area contributed by atoms with E-state index < -0.39 is 12.1 Å². The van der Waals surface area contributed by atoms with Crippen molar-refractivity contribution in [3.63, 3.8) is 0 Å². The van der Waals surface area contributed by atoms with Crippen LogP contribution in [0.4, 0.5) is 4.39 Å². The minimum Gasteiger partial charge on any atom is -0.378 e. The number of ether oxygens (including phenoxy) is 1. The monoisotopic (exact) mass is 356 g/mol. The quantitative estimate of drug-likeness (QED) is 0.862. The summed E-state index contributed by atoms with van der Waals surface area (Å²) in [6.07, 6.45) is 0. The number of hydrogen-bond acceptors (Lipinski definition) is 6. The fourth-order valence-electron chi connectivity index (χ4n) is 2.27. The van der Waals surface area contributed by atoms with Crippen molar-refractivity contribution in [3.05, 3.63) is 36.0 Å². The number of carbonyl (C=O) groups excluding carboxylic acids is 1. The molecule has 1 aliphatic heterocycles. The molecule has 0 radical (unpaired) electrons. The van der Waals surface area contributed by atoms with Crippen molar-refractivity contribution < 1.29 is 18.4 Å². The summed E-state index contributed by atoms with van der Waals surface area (Å²) in [6.45, 7) is 3.30. The number of nitrogens with zero attached hydrogens (tertiary/aromatic N) is 2. The lowest BCUT2D eigenvalue weighted by molar-refractivity contribution is -0.126. The molecule has 24 heavy (non-hydrogen) atoms. The van der Waals surface area contributed by atoms with Crippen LogP contribution in [-0.4, -0.2) is 41.8 Å². The molecule has 1 aromatic heterocycles. The molecule has 130 valence electrons. The molecule has 7 nitrogen and oxygen atoms in total. The SMILES string of the molecule is CC(NC(=O)C1COCCN1)c1nc(-c2cccc(F)c2)no1.Cl. The smallest absolute Gasteiger partial charge is 0.249 e. The maximum Gasteiger partial charge on any atom is 0.249 e. The zero-order valence-electron chi connectivity index (χ0n) is 13.0. The number of nitrogens with one attached hydrogen (secondary N) is 2. The van der Waals surface area contributed by atoms with Gasteiger partial charge in [0.25, 0.3) is 0 Å². The van der Waals surface area contributed by atoms with Crippen LogP contribution in [0.3, 0.4) is 0 Å². The van der Waals surface area contributed by atoms with Gasteiger partial charge in [-0.25, -0.2) is 4.39 Å². The summed E-state index contributed by atoms with van der Waals surface area (Å²) in [7, 11) is 0. The molecule has 1 aliphatic rings. The zero-order chi connectivity index (χ0) is 16.2. The molecule has 1 amide bonds. The average molecular weight is 357 g/mol. The van der Waals surface area contributed by atoms with Crippen molar-refractivity contribution in [1.82, 2.24) is 20.8 Å². The van der Waals surface area contributed by atoms with Gasteiger partial charge in [0.1, 0.15) is 17.9 Å². The average Bonchev–Trinajstić information content (AvgIpc) is 3.06. The first-order valence-corrected chi connectivity index (χ1v) is 7.34. The third-order valence-corrected chi connectivity index (χ3v) is 3.49. The van der Waals surface area contributed by atoms with Crippen LogP contribution in [0, 0.1) is 5.82 Å². The van der Waals surface area contributed by atoms with Crippen LogP contribution in [0.2, 0.25) is 0 Å². The standard InChI is InChI=1S/C15H17FN4O3.ClH/c1-9(18-14(21)12-8-22-6-5-17-12)15-19-13(20-23-15)10-3-2-4-11(16)7-10;/h2-4,7,9,12,17H,5-6,8H2,1H3,(H,18,21);1H. The van der Waals surface area contributed by atoms with Gasteiger partial charge in [0.05, 0.1) is 13.2 Å². The van der Waals surface area contributed by atoms with E-state index in [1.54, 1.807) is 19.1 Å². The number of rotatable bonds is 4. The van der Waals surface area contributed by atoms with Gasteiger partial charge in [-0.1, -0.05) is 17.3 Å². The number of morpholine rings is 1. The van der Waals surface area contributed by atoms with Crippen molar-refractivity contribution in [2.24, 2.45) is 0 Å². The van der Waals surface area contributed by atoms with Gasteiger partial charge in [0.2, 0.25) is 17.6 Å². The maximum absolute atomic E-state index is 13.2. The molecule has 2 aromatic rings. The van der Waals surface area contributed by atoms with Gasteiger partial charge in [0, 0.05) is 12.1 Å². The largest absolute Gasteiger partial charge is 0.378 e. The Kier molecular flexibility index (Phi) is 6.24. The highest BCUT2D eigenvalue weighted by Gasteiger charge is 2.24. The fraction of sp³-hybridized carbons (Fsp3) is 0.400. The van der Waals surface area contributed by atoms with E-state index in [-0.39, 0.29) is 35.8 Å². The number of benzene rings is 1. The molecular weight excluding hydrogens is 339 g/mol. The lowest BCUT2D eigenvalue weighted by atomic mass is 10.2. The second-order valence-electron chi connectivity index (χ2n) is 5.28. The molecule has 0 saturated carbocycles. The Labute approximate surface area is 144 Å². The first-order chi connectivity index (χ1) is 11.1. The summed E-state index contributed by atoms with van der Waals surface area (Å²) < 4.78 is 23.6. The van der Waals surface area contributed by atoms with E-state index in [1.165, 1.54) is 12.1 Å². The number of amides is 1. The normalized spacial score (nSPS) is 18.5. The molecule has 0 bridgehead atoms. The van der Waals surface area contributed by atoms with Crippen LogP contribution in [0.15, 0.2) is 28.8 Å². The van der Waals surface area contributed by atoms with E-state index in [2.05, 4.69) is 20.8 Å². The van der Waals surface area contributed by atoms with Gasteiger partial charge in [-0.3, -0.25) is 4.79 Å². The molecule has 1 aromatic carbocycles. The number of hydrogen-bond donors (Lipinski definition) is 2. The van der Waals surface area contributed by atoms with Crippen LogP contribution in [0.25, 0.3) is 11.4 Å². The minimum atomic E-state index is -0.457. The molecule has 0 aliphatic carbocycles. The van der Waals surface area contributed by atoms with Crippen molar-refractivity contribution in [3.8, 4) is 11.4 Å². The van der Waals surface area contributed by atoms with Gasteiger partial charge in [-0.2, -0.15) is 4.98 Å². The second-order valence-corrected chi connectivity index (χ2v) is 5.28. The minimum absolute atomic E-state index is 0. The highest BCUT2D eigenvalue weighted by Crippen LogP contribution is 2.19. The van der Waals surface area contributed by atoms with E-state index in [9.17, 15) is 9.18 Å². The van der Waals surface area contributed by atoms with E-state index in [0.717, 1.165) is 0 Å². The lowest BCUT2D eigenvalue weighted by Gasteiger charge is -2.23. The lowest BCUT2D eigenvalue weighted by Crippen LogP contribution is -2.51. The summed E-state index contributed by atoms with van der Waals surface area (Å²) in [5.74, 6) is -0.0321. The molecule has 1 fully saturated rings. The molecule has 3 rings (SSSR count). The van der Waals surface area contributed by atoms with Gasteiger partial charge in [-0.05, 0) is 19.1 Å². The van der Waals surface area contributed by atoms with Crippen molar-refractivity contribution in [2.75, 3.05) is 19.8 Å². The van der Waals surface area contributed by atoms with Gasteiger partial charge >= 0.3 is 0 Å². The maximum atomic E-state index is 13.2. The van der Waals surface area contributed by atoms with E-state index in [4.69, 9.17) is 9.26 Å². The Hall–Kier alpha value is -2.03. The Bertz CT molecular complexity index is 691. The fourth-order valence-corrected chi connectivity index (χ4v) is 2.27. The highest BCUT2D eigenvalue weighted by atomic mass is 35.5. The van der Waals surface area contributed by atoms with Gasteiger partial charge in [-0.15, -0.1) is 12.4 Å². The van der Waals surface area contributed by atoms with Crippen molar-refractivity contribution >= 4 is 18.3 Å². The Balaban J connectivity index is 0.00000208. The molecule has 1 saturated heterocycles. The predicted molar refractivity (Wildman–Crippen MR) is 86.1 cm³/mol. The molecule has 2 atom stereocenters. The second kappa shape index (κ2) is 8.18. The highest BCUT2D eigenvalue weighted by molar-refractivity contribution is 5.85. The summed E-state index contributed by atoms with van der Waals surface area (Å²) in [5, 5.41) is 9.68. The number of carbonyl (C=O) groups is 1. The van der Waals surface area contributed by atoms with Crippen LogP contribution >= 0.6 is 12.4 Å². The van der Waals surface area contributed by atoms with Crippen LogP contribution < -0.4 is 10.6 Å². The Morgan fingerprint density at radius 3 is 3.04 bits per heavy atom. The van der Waals surface area contributed by atoms with Gasteiger partial charge in [0.15, 0.2) is 0 Å². The third kappa shape index (κ3) is 4.28. The van der Waals surface area contributed by atoms with Crippen molar-refractivity contribution in [2.45, 2.75) is 19.0 Å². The Morgan fingerprint density at radius 1 is 1.50 bits per heavy atom. The van der Waals surface area contributed by atoms with Crippen LogP contribution in [0.5, 0.6) is 0 Å². The molecule has 2 N–H and O–H groups in total. The molecule has 9 heteroatoms. The number of aromatic nitrogens is 2. The molecular formula is C15H18ClFN4O3. The zero-order valence-corrected chi connectivity index (χ0v) is 13.8. The van der Waals surface area contributed by atoms with Gasteiger partial charge < -0.3 is 19.9 Å². The summed E-state index contributed by atoms with van der Waals surface area (Å²) in [4.78, 5) is 16.3. The first-order valence-electron chi connectivity index (χ1n) is 7.34. The van der Waals surface area contributed by atoms with Crippen LogP contribution in [-0.2, 0) is 9.53 Å². The summed E-state index contributed by atoms with van der Waals surface area (Å²) in [6, 6.07) is 5.07. The molecule has 2 heterocycles. The van der Waals surface area contributed by atoms with Crippen molar-refractivity contribution in [1.29, 1.82) is 0 Å². The van der Waals surface area contributed by atoms with Crippen LogP contribution in [0.1, 0.15) is 18.9 Å². The van der Waals surface area contributed by atoms with E-state index >= 15 is 0 Å². The summed E-state index contributed by atoms with van der Waals surface area (Å²) >= 11 is 0. The summed E-state index contributed by atoms with van der Waals surface area (Å²) in [5.41, 5.74) is 0.515. The Morgan fingerprint density at radius 2 is 2.33 bits per heavy atom. The molecule has 2 unspecified atom stereocenters. The first kappa shape index (κ1) is 18.3. The molecule has 0 spiro atoms. The third-order valence-electron chi connectivity index (χ3n) is 3.49. The van der Waals surface area contributed by atoms with E-state index in [1.807, 2.05) is 0 Å². The predicted octanol–water partition coefficient (Wildman–Crippen LogP) is 1.46.